The molecule has 0 unspecified atom stereocenters. The molecule has 0 aromatic heterocycles. The zero-order valence-electron chi connectivity index (χ0n) is 26.0. The fraction of sp³-hybridized carbons (Fsp3) is 0.588. The number of aliphatic carboxylic acids is 1. The molecule has 1 aliphatic carbocycles. The van der Waals surface area contributed by atoms with Crippen LogP contribution in [0.1, 0.15) is 98.7 Å². The van der Waals surface area contributed by atoms with E-state index in [9.17, 15) is 19.1 Å². The predicted molar refractivity (Wildman–Crippen MR) is 159 cm³/mol. The number of nitrogens with zero attached hydrogens (tertiary/aromatic N) is 1. The average Bonchev–Trinajstić information content (AvgIpc) is 2.89. The second kappa shape index (κ2) is 11.9. The highest BCUT2D eigenvalue weighted by molar-refractivity contribution is 5.87. The number of ether oxygens (including phenoxy) is 1. The third-order valence-corrected chi connectivity index (χ3v) is 8.85. The highest BCUT2D eigenvalue weighted by atomic mass is 19.1. The van der Waals surface area contributed by atoms with Crippen LogP contribution in [0.5, 0.6) is 5.75 Å². The van der Waals surface area contributed by atoms with Gasteiger partial charge in [0, 0.05) is 18.2 Å². The summed E-state index contributed by atoms with van der Waals surface area (Å²) in [6.45, 7) is 13.5. The third-order valence-electron chi connectivity index (χ3n) is 8.85. The van der Waals surface area contributed by atoms with E-state index in [0.717, 1.165) is 45.4 Å². The van der Waals surface area contributed by atoms with Gasteiger partial charge in [0.25, 0.3) is 0 Å². The van der Waals surface area contributed by atoms with E-state index in [0.29, 0.717) is 62.1 Å². The molecule has 230 valence electrons. The molecule has 0 radical (unpaired) electrons. The van der Waals surface area contributed by atoms with Crippen LogP contribution in [0.25, 0.3) is 11.1 Å². The van der Waals surface area contributed by atoms with Gasteiger partial charge in [-0.05, 0) is 138 Å². The zero-order chi connectivity index (χ0) is 31.1. The normalized spacial score (nSPS) is 22.0. The summed E-state index contributed by atoms with van der Waals surface area (Å²) in [5.41, 5.74) is 5.70. The lowest BCUT2D eigenvalue weighted by Gasteiger charge is -2.41. The Morgan fingerprint density at radius 3 is 2.31 bits per heavy atom. The Morgan fingerprint density at radius 2 is 1.71 bits per heavy atom. The number of carbonyl (C=O) groups is 2. The van der Waals surface area contributed by atoms with Gasteiger partial charge in [-0.2, -0.15) is 0 Å². The molecule has 1 amide bonds. The van der Waals surface area contributed by atoms with Crippen LogP contribution in [0.4, 0.5) is 8.78 Å². The first kappa shape index (κ1) is 31.9. The van der Waals surface area contributed by atoms with Crippen molar-refractivity contribution in [3.8, 4) is 16.9 Å². The van der Waals surface area contributed by atoms with E-state index in [1.165, 1.54) is 6.07 Å². The molecule has 2 heterocycles. The second-order valence-corrected chi connectivity index (χ2v) is 13.4. The number of halogens is 2. The number of aliphatic hydroxyl groups is 1. The maximum absolute atomic E-state index is 15.3. The fourth-order valence-corrected chi connectivity index (χ4v) is 6.67. The molecule has 8 heteroatoms. The lowest BCUT2D eigenvalue weighted by atomic mass is 9.78. The molecular weight excluding hydrogens is 540 g/mol. The largest absolute Gasteiger partial charge is 0.490 e. The van der Waals surface area contributed by atoms with Crippen molar-refractivity contribution in [2.45, 2.75) is 124 Å². The summed E-state index contributed by atoms with van der Waals surface area (Å²) in [4.78, 5) is 27.1. The van der Waals surface area contributed by atoms with Gasteiger partial charge in [-0.25, -0.2) is 8.78 Å². The first-order valence-corrected chi connectivity index (χ1v) is 15.0. The summed E-state index contributed by atoms with van der Waals surface area (Å²) in [7, 11) is 0. The molecule has 6 nitrogen and oxygen atoms in total. The van der Waals surface area contributed by atoms with Crippen molar-refractivity contribution in [3.05, 3.63) is 50.8 Å². The van der Waals surface area contributed by atoms with Gasteiger partial charge in [0.1, 0.15) is 5.67 Å². The number of fused-ring (bicyclic) bond motifs is 2. The van der Waals surface area contributed by atoms with E-state index >= 15 is 4.39 Å². The predicted octanol–water partition coefficient (Wildman–Crippen LogP) is 6.70. The Balaban J connectivity index is 0.000000748. The Bertz CT molecular complexity index is 1380. The molecule has 1 fully saturated rings. The lowest BCUT2D eigenvalue weighted by Crippen LogP contribution is -2.47. The molecule has 0 spiro atoms. The van der Waals surface area contributed by atoms with Crippen LogP contribution < -0.4 is 4.74 Å². The SMILES string of the molecule is CC(C)(C)O.Cc1c(-c2c(C)c3c(c(C)c2CC(=O)O)CC(=O)N(C2CCC(C)(F)CC2)C3)cc(F)c2c1CCCO2. The highest BCUT2D eigenvalue weighted by Crippen LogP contribution is 2.44. The smallest absolute Gasteiger partial charge is 0.307 e. The molecule has 2 N–H and O–H groups in total. The van der Waals surface area contributed by atoms with Crippen molar-refractivity contribution in [3.63, 3.8) is 0 Å². The number of benzene rings is 2. The minimum atomic E-state index is -1.18. The molecule has 0 bridgehead atoms. The minimum absolute atomic E-state index is 0.00430. The Labute approximate surface area is 248 Å². The number of hydrogen-bond donors (Lipinski definition) is 2. The Morgan fingerprint density at radius 1 is 1.10 bits per heavy atom. The highest BCUT2D eigenvalue weighted by Gasteiger charge is 2.38. The summed E-state index contributed by atoms with van der Waals surface area (Å²) in [5.74, 6) is -1.10. The monoisotopic (exact) mass is 585 g/mol. The topological polar surface area (TPSA) is 87.1 Å². The van der Waals surface area contributed by atoms with Gasteiger partial charge in [0.15, 0.2) is 11.6 Å². The molecule has 0 atom stereocenters. The first-order chi connectivity index (χ1) is 19.5. The van der Waals surface area contributed by atoms with E-state index in [2.05, 4.69) is 0 Å². The number of alkyl halides is 1. The molecular formula is C34H45F2NO5. The second-order valence-electron chi connectivity index (χ2n) is 13.4. The Kier molecular flexibility index (Phi) is 9.08. The molecule has 1 saturated carbocycles. The van der Waals surface area contributed by atoms with Gasteiger partial charge in [0.05, 0.1) is 25.0 Å². The van der Waals surface area contributed by atoms with Crippen molar-refractivity contribution in [2.24, 2.45) is 0 Å². The van der Waals surface area contributed by atoms with E-state index in [1.807, 2.05) is 25.7 Å². The van der Waals surface area contributed by atoms with Gasteiger partial charge >= 0.3 is 5.97 Å². The van der Waals surface area contributed by atoms with E-state index in [1.54, 1.807) is 27.7 Å². The lowest BCUT2D eigenvalue weighted by molar-refractivity contribution is -0.136. The Hall–Kier alpha value is -3.00. The molecule has 42 heavy (non-hydrogen) atoms. The van der Waals surface area contributed by atoms with Gasteiger partial charge in [-0.3, -0.25) is 9.59 Å². The van der Waals surface area contributed by atoms with Crippen molar-refractivity contribution >= 4 is 11.9 Å². The number of rotatable bonds is 4. The van der Waals surface area contributed by atoms with E-state index in [-0.39, 0.29) is 24.8 Å². The summed E-state index contributed by atoms with van der Waals surface area (Å²) < 4.78 is 35.3. The zero-order valence-corrected chi connectivity index (χ0v) is 26.0. The third kappa shape index (κ3) is 6.80. The minimum Gasteiger partial charge on any atom is -0.490 e. The van der Waals surface area contributed by atoms with Crippen molar-refractivity contribution in [1.82, 2.24) is 4.90 Å². The number of amides is 1. The number of hydrogen-bond acceptors (Lipinski definition) is 4. The van der Waals surface area contributed by atoms with Crippen LogP contribution in [0.3, 0.4) is 0 Å². The van der Waals surface area contributed by atoms with Crippen LogP contribution in [0.2, 0.25) is 0 Å². The van der Waals surface area contributed by atoms with E-state index < -0.39 is 23.1 Å². The molecule has 3 aliphatic rings. The van der Waals surface area contributed by atoms with Crippen LogP contribution >= 0.6 is 0 Å². The number of carboxylic acids is 1. The number of carboxylic acid groups (broad SMARTS) is 1. The van der Waals surface area contributed by atoms with Gasteiger partial charge < -0.3 is 19.8 Å². The van der Waals surface area contributed by atoms with Crippen molar-refractivity contribution < 1.29 is 33.3 Å². The summed E-state index contributed by atoms with van der Waals surface area (Å²) in [5, 5.41) is 18.3. The fourth-order valence-electron chi connectivity index (χ4n) is 6.67. The quantitative estimate of drug-likeness (QED) is 0.417. The van der Waals surface area contributed by atoms with E-state index in [4.69, 9.17) is 9.84 Å². The van der Waals surface area contributed by atoms with Crippen LogP contribution in [-0.2, 0) is 35.4 Å². The molecule has 2 aliphatic heterocycles. The number of carbonyl (C=O) groups excluding carboxylic acids is 1. The summed E-state index contributed by atoms with van der Waals surface area (Å²) in [6, 6.07) is 1.47. The van der Waals surface area contributed by atoms with Crippen molar-refractivity contribution in [2.75, 3.05) is 6.61 Å². The average molecular weight is 586 g/mol. The molecule has 5 rings (SSSR count). The maximum Gasteiger partial charge on any atom is 0.307 e. The van der Waals surface area contributed by atoms with Crippen LogP contribution in [0.15, 0.2) is 6.07 Å². The molecule has 2 aromatic rings. The molecule has 2 aromatic carbocycles. The maximum atomic E-state index is 15.3. The van der Waals surface area contributed by atoms with Crippen LogP contribution in [-0.4, -0.2) is 50.9 Å². The van der Waals surface area contributed by atoms with Crippen molar-refractivity contribution in [1.29, 1.82) is 0 Å². The standard InChI is InChI=1S/C30H35F2NO4.C4H10O/c1-16-20-6-5-11-37-29(20)25(31)12-22(16)28-18(3)24-15-33(19-7-9-30(4,32)10-8-19)26(34)13-21(24)17(2)23(28)14-27(35)36;1-4(2,3)5/h12,19H,5-11,13-15H2,1-4H3,(H,35,36);5H,1-3H3. The van der Waals surface area contributed by atoms with Gasteiger partial charge in [-0.15, -0.1) is 0 Å². The molecule has 0 saturated heterocycles. The van der Waals surface area contributed by atoms with Gasteiger partial charge in [0.2, 0.25) is 5.91 Å². The van der Waals surface area contributed by atoms with Crippen LogP contribution in [0, 0.1) is 26.6 Å². The summed E-state index contributed by atoms with van der Waals surface area (Å²) in [6.07, 6.45) is 3.63. The first-order valence-electron chi connectivity index (χ1n) is 15.0. The van der Waals surface area contributed by atoms with Gasteiger partial charge in [-0.1, -0.05) is 0 Å². The summed E-state index contributed by atoms with van der Waals surface area (Å²) >= 11 is 0.